The summed E-state index contributed by atoms with van der Waals surface area (Å²) in [4.78, 5) is 14.9. The van der Waals surface area contributed by atoms with Crippen LogP contribution in [0, 0.1) is 11.3 Å². The zero-order valence-electron chi connectivity index (χ0n) is 24.1. The van der Waals surface area contributed by atoms with Crippen molar-refractivity contribution in [2.24, 2.45) is 0 Å². The van der Waals surface area contributed by atoms with Crippen LogP contribution >= 0.6 is 0 Å². The number of anilines is 1. The van der Waals surface area contributed by atoms with Gasteiger partial charge in [-0.05, 0) is 60.2 Å². The Hall–Kier alpha value is -2.93. The maximum Gasteiger partial charge on any atom is 0.418 e. The molecule has 0 saturated carbocycles. The van der Waals surface area contributed by atoms with Crippen molar-refractivity contribution in [1.82, 2.24) is 0 Å². The molecule has 0 radical (unpaired) electrons. The zero-order chi connectivity index (χ0) is 30.0. The summed E-state index contributed by atoms with van der Waals surface area (Å²) in [7, 11) is 0. The number of fused-ring (bicyclic) bond motifs is 1. The van der Waals surface area contributed by atoms with E-state index in [1.165, 1.54) is 24.6 Å². The largest absolute Gasteiger partial charge is 0.418 e. The topological polar surface area (TPSA) is 82.8 Å². The van der Waals surface area contributed by atoms with Gasteiger partial charge >= 0.3 is 6.18 Å². The van der Waals surface area contributed by atoms with Crippen molar-refractivity contribution in [3.05, 3.63) is 47.5 Å². The van der Waals surface area contributed by atoms with Crippen molar-refractivity contribution in [3.63, 3.8) is 0 Å². The number of allylic oxidation sites excluding steroid dienone is 2. The van der Waals surface area contributed by atoms with Crippen LogP contribution in [0.2, 0.25) is 0 Å². The number of hydrogen-bond acceptors (Lipinski definition) is 6. The molecule has 0 spiro atoms. The Morgan fingerprint density at radius 3 is 2.12 bits per heavy atom. The lowest BCUT2D eigenvalue weighted by Gasteiger charge is -2.29. The van der Waals surface area contributed by atoms with E-state index in [1.807, 2.05) is 39.8 Å². The number of rotatable bonds is 12. The molecular weight excluding hydrogens is 521 g/mol. The van der Waals surface area contributed by atoms with Gasteiger partial charge in [0.05, 0.1) is 32.0 Å². The number of carbonyl (C=O) groups is 1. The number of halogens is 3. The van der Waals surface area contributed by atoms with Crippen molar-refractivity contribution in [1.29, 1.82) is 5.26 Å². The van der Waals surface area contributed by atoms with Gasteiger partial charge in [-0.2, -0.15) is 18.4 Å². The molecule has 1 saturated heterocycles. The van der Waals surface area contributed by atoms with Crippen molar-refractivity contribution < 1.29 is 32.5 Å². The minimum Gasteiger partial charge on any atom is -0.394 e. The summed E-state index contributed by atoms with van der Waals surface area (Å²) >= 11 is 0. The molecule has 40 heavy (non-hydrogen) atoms. The lowest BCUT2D eigenvalue weighted by molar-refractivity contribution is -0.116. The van der Waals surface area contributed by atoms with Crippen LogP contribution < -0.4 is 4.90 Å². The highest BCUT2D eigenvalue weighted by molar-refractivity contribution is 6.07. The van der Waals surface area contributed by atoms with Crippen LogP contribution in [-0.2, 0) is 14.3 Å². The zero-order valence-corrected chi connectivity index (χ0v) is 24.1. The smallest absolute Gasteiger partial charge is 0.394 e. The van der Waals surface area contributed by atoms with E-state index in [1.54, 1.807) is 12.1 Å². The molecule has 0 atom stereocenters. The van der Waals surface area contributed by atoms with Gasteiger partial charge in [-0.25, -0.2) is 0 Å². The number of ether oxygens (including phenoxy) is 2. The van der Waals surface area contributed by atoms with Gasteiger partial charge < -0.3 is 19.5 Å². The molecule has 1 N–H and O–H groups in total. The van der Waals surface area contributed by atoms with Gasteiger partial charge in [-0.3, -0.25) is 4.79 Å². The molecule has 0 aliphatic carbocycles. The Morgan fingerprint density at radius 2 is 1.52 bits per heavy atom. The molecule has 0 aromatic heterocycles. The lowest BCUT2D eigenvalue weighted by atomic mass is 9.93. The van der Waals surface area contributed by atoms with Gasteiger partial charge in [0.2, 0.25) is 0 Å². The summed E-state index contributed by atoms with van der Waals surface area (Å²) in [6.45, 7) is 10.6. The molecule has 0 unspecified atom stereocenters. The Balaban J connectivity index is 0.00000191. The number of carbonyl (C=O) groups excluding carboxylic acids is 1. The summed E-state index contributed by atoms with van der Waals surface area (Å²) < 4.78 is 52.5. The number of Topliss-reactive ketones (excluding diaryl/α,β-unsaturated/α-hetero) is 1. The summed E-state index contributed by atoms with van der Waals surface area (Å²) in [6.07, 6.45) is -1.51. The predicted molar refractivity (Wildman–Crippen MR) is 154 cm³/mol. The minimum atomic E-state index is -4.87. The first-order valence-electron chi connectivity index (χ1n) is 14.2. The fourth-order valence-electron chi connectivity index (χ4n) is 4.29. The standard InChI is InChI=1S/C27H31F3N2O4.2C2H6/c28-27(29,30)26(24(19-31)25(34)5-4-13-35-15-16-36-14-12-33)22-7-6-21-18-23(9-8-20(21)17-22)32-10-2-1-3-11-32;2*1-2/h6-9,17-18,33H,1-5,10-16H2;2*1-2H3/b26-24-;;. The summed E-state index contributed by atoms with van der Waals surface area (Å²) in [6, 6.07) is 11.5. The first-order valence-corrected chi connectivity index (χ1v) is 14.2. The third kappa shape index (κ3) is 10.9. The van der Waals surface area contributed by atoms with E-state index in [9.17, 15) is 23.2 Å². The van der Waals surface area contributed by atoms with E-state index in [-0.39, 0.29) is 51.4 Å². The number of piperidine rings is 1. The first kappa shape index (κ1) is 35.1. The molecule has 0 amide bonds. The molecule has 1 aliphatic heterocycles. The maximum atomic E-state index is 14.1. The molecule has 9 heteroatoms. The van der Waals surface area contributed by atoms with E-state index < -0.39 is 23.1 Å². The summed E-state index contributed by atoms with van der Waals surface area (Å²) in [5.41, 5.74) is -1.27. The average molecular weight is 565 g/mol. The fourth-order valence-corrected chi connectivity index (χ4v) is 4.29. The van der Waals surface area contributed by atoms with Gasteiger partial charge in [0.1, 0.15) is 11.6 Å². The van der Waals surface area contributed by atoms with Crippen LogP contribution in [0.15, 0.2) is 42.0 Å². The van der Waals surface area contributed by atoms with Crippen molar-refractivity contribution in [3.8, 4) is 6.07 Å². The monoisotopic (exact) mass is 564 g/mol. The second-order valence-electron chi connectivity index (χ2n) is 8.63. The van der Waals surface area contributed by atoms with Crippen LogP contribution in [-0.4, -0.2) is 63.2 Å². The van der Waals surface area contributed by atoms with Crippen molar-refractivity contribution >= 4 is 27.8 Å². The maximum absolute atomic E-state index is 14.1. The van der Waals surface area contributed by atoms with E-state index in [0.717, 1.165) is 37.0 Å². The van der Waals surface area contributed by atoms with Crippen LogP contribution in [0.4, 0.5) is 18.9 Å². The molecular formula is C31H43F3N2O4. The van der Waals surface area contributed by atoms with E-state index in [4.69, 9.17) is 14.6 Å². The highest BCUT2D eigenvalue weighted by atomic mass is 19.4. The molecule has 1 fully saturated rings. The van der Waals surface area contributed by atoms with E-state index in [2.05, 4.69) is 4.90 Å². The molecule has 0 bridgehead atoms. The molecule has 1 heterocycles. The fraction of sp³-hybridized carbons (Fsp3) is 0.548. The molecule has 3 rings (SSSR count). The number of benzene rings is 2. The highest BCUT2D eigenvalue weighted by Gasteiger charge is 2.39. The van der Waals surface area contributed by atoms with Gasteiger partial charge in [0.25, 0.3) is 0 Å². The Labute approximate surface area is 236 Å². The number of alkyl halides is 3. The third-order valence-corrected chi connectivity index (χ3v) is 6.06. The lowest BCUT2D eigenvalue weighted by Crippen LogP contribution is -2.29. The Bertz CT molecular complexity index is 1100. The van der Waals surface area contributed by atoms with E-state index >= 15 is 0 Å². The second-order valence-corrected chi connectivity index (χ2v) is 8.63. The molecule has 1 aliphatic rings. The number of ketones is 1. The number of aliphatic hydroxyl groups is 1. The second kappa shape index (κ2) is 19.2. The first-order chi connectivity index (χ1) is 19.3. The number of nitrogens with zero attached hydrogens (tertiary/aromatic N) is 2. The average Bonchev–Trinajstić information content (AvgIpc) is 2.98. The van der Waals surface area contributed by atoms with Crippen molar-refractivity contribution in [2.45, 2.75) is 66.0 Å². The van der Waals surface area contributed by atoms with Gasteiger partial charge in [-0.15, -0.1) is 0 Å². The highest BCUT2D eigenvalue weighted by Crippen LogP contribution is 2.38. The number of nitriles is 1. The molecule has 222 valence electrons. The summed E-state index contributed by atoms with van der Waals surface area (Å²) in [5.74, 6) is -0.870. The van der Waals surface area contributed by atoms with Crippen LogP contribution in [0.5, 0.6) is 0 Å². The van der Waals surface area contributed by atoms with Crippen LogP contribution in [0.3, 0.4) is 0 Å². The summed E-state index contributed by atoms with van der Waals surface area (Å²) in [5, 5.41) is 19.5. The van der Waals surface area contributed by atoms with Gasteiger partial charge in [-0.1, -0.05) is 45.9 Å². The minimum absolute atomic E-state index is 0.101. The van der Waals surface area contributed by atoms with Crippen LogP contribution in [0.25, 0.3) is 16.3 Å². The molecule has 2 aromatic carbocycles. The number of hydrogen-bond donors (Lipinski definition) is 1. The Kier molecular flexibility index (Phi) is 16.8. The normalized spacial score (nSPS) is 13.8. The van der Waals surface area contributed by atoms with E-state index in [0.29, 0.717) is 5.39 Å². The predicted octanol–water partition coefficient (Wildman–Crippen LogP) is 7.10. The molecule has 6 nitrogen and oxygen atoms in total. The SMILES string of the molecule is CC.CC.N#C/C(C(=O)CCCOCCOCCO)=C(\c1ccc2cc(N3CCCCC3)ccc2c1)C(F)(F)F. The van der Waals surface area contributed by atoms with Gasteiger partial charge in [0.15, 0.2) is 5.78 Å². The quantitative estimate of drug-likeness (QED) is 0.168. The third-order valence-electron chi connectivity index (χ3n) is 6.06. The van der Waals surface area contributed by atoms with Gasteiger partial charge in [0, 0.05) is 31.8 Å². The van der Waals surface area contributed by atoms with Crippen molar-refractivity contribution in [2.75, 3.05) is 51.0 Å². The Morgan fingerprint density at radius 1 is 0.925 bits per heavy atom. The van der Waals surface area contributed by atoms with Crippen LogP contribution in [0.1, 0.15) is 65.4 Å². The molecule has 2 aromatic rings. The number of aliphatic hydroxyl groups excluding tert-OH is 1.